The lowest BCUT2D eigenvalue weighted by Gasteiger charge is -2.05. The normalized spacial score (nSPS) is 10.4. The summed E-state index contributed by atoms with van der Waals surface area (Å²) in [6, 6.07) is 0. The topological polar surface area (TPSA) is 47.6 Å². The van der Waals surface area contributed by atoms with Gasteiger partial charge in [0.2, 0.25) is 5.91 Å². The van der Waals surface area contributed by atoms with Crippen molar-refractivity contribution < 1.29 is 14.3 Å². The van der Waals surface area contributed by atoms with Gasteiger partial charge in [-0.05, 0) is 28.8 Å². The van der Waals surface area contributed by atoms with Crippen molar-refractivity contribution in [3.63, 3.8) is 0 Å². The lowest BCUT2D eigenvalue weighted by atomic mass is 10.2. The summed E-state index contributed by atoms with van der Waals surface area (Å²) < 4.78 is 9.90. The number of carbonyl (C=O) groups excluding carboxylic acids is 1. The first-order valence-corrected chi connectivity index (χ1v) is 6.03. The zero-order valence-corrected chi connectivity index (χ0v) is 10.4. The maximum Gasteiger partial charge on any atom is 0.246 e. The van der Waals surface area contributed by atoms with Crippen molar-refractivity contribution in [1.29, 1.82) is 0 Å². The molecule has 0 radical (unpaired) electrons. The molecule has 0 spiro atoms. The van der Waals surface area contributed by atoms with Gasteiger partial charge < -0.3 is 14.8 Å². The highest BCUT2D eigenvalue weighted by Crippen LogP contribution is 2.12. The molecule has 1 aromatic heterocycles. The lowest BCUT2D eigenvalue weighted by molar-refractivity contribution is -0.126. The molecule has 1 heterocycles. The van der Waals surface area contributed by atoms with Gasteiger partial charge in [0.05, 0.1) is 13.2 Å². The fourth-order valence-electron chi connectivity index (χ4n) is 1.12. The number of amides is 1. The Bertz CT molecular complexity index is 325. The van der Waals surface area contributed by atoms with Crippen molar-refractivity contribution in [1.82, 2.24) is 5.32 Å². The van der Waals surface area contributed by atoms with Crippen molar-refractivity contribution in [2.75, 3.05) is 26.9 Å². The van der Waals surface area contributed by atoms with Crippen LogP contribution >= 0.6 is 11.3 Å². The van der Waals surface area contributed by atoms with Crippen LogP contribution in [0.3, 0.4) is 0 Å². The molecule has 0 aromatic carbocycles. The zero-order chi connectivity index (χ0) is 11.8. The number of thiophene rings is 1. The Balaban J connectivity index is 2.13. The van der Waals surface area contributed by atoms with Crippen LogP contribution in [-0.2, 0) is 20.8 Å². The van der Waals surface area contributed by atoms with Crippen LogP contribution in [0, 0.1) is 6.92 Å². The molecule has 0 saturated heterocycles. The molecule has 16 heavy (non-hydrogen) atoms. The van der Waals surface area contributed by atoms with Crippen molar-refractivity contribution >= 4 is 17.2 Å². The standard InChI is InChI=1S/C11H17NO3S/c1-9-7-16-8-10(9)5-12-11(13)6-15-4-3-14-2/h7-8H,3-6H2,1-2H3,(H,12,13). The lowest BCUT2D eigenvalue weighted by Crippen LogP contribution is -2.27. The summed E-state index contributed by atoms with van der Waals surface area (Å²) in [6.07, 6.45) is 0. The van der Waals surface area contributed by atoms with E-state index in [2.05, 4.69) is 10.7 Å². The molecule has 1 rings (SSSR count). The largest absolute Gasteiger partial charge is 0.382 e. The summed E-state index contributed by atoms with van der Waals surface area (Å²) >= 11 is 1.64. The van der Waals surface area contributed by atoms with E-state index < -0.39 is 0 Å². The molecule has 5 heteroatoms. The smallest absolute Gasteiger partial charge is 0.246 e. The number of nitrogens with one attached hydrogen (secondary N) is 1. The summed E-state index contributed by atoms with van der Waals surface area (Å²) in [4.78, 5) is 11.3. The third-order valence-corrected chi connectivity index (χ3v) is 3.01. The average Bonchev–Trinajstić information content (AvgIpc) is 2.67. The van der Waals surface area contributed by atoms with Crippen LogP contribution in [0.5, 0.6) is 0 Å². The Morgan fingerprint density at radius 3 is 2.88 bits per heavy atom. The minimum absolute atomic E-state index is 0.0898. The van der Waals surface area contributed by atoms with Crippen molar-refractivity contribution in [2.45, 2.75) is 13.5 Å². The molecule has 1 N–H and O–H groups in total. The van der Waals surface area contributed by atoms with Gasteiger partial charge in [0.1, 0.15) is 6.61 Å². The summed E-state index contributed by atoms with van der Waals surface area (Å²) in [5.41, 5.74) is 2.38. The number of methoxy groups -OCH3 is 1. The molecule has 4 nitrogen and oxygen atoms in total. The van der Waals surface area contributed by atoms with Gasteiger partial charge in [-0.1, -0.05) is 0 Å². The average molecular weight is 243 g/mol. The first-order valence-electron chi connectivity index (χ1n) is 5.09. The molecular weight excluding hydrogens is 226 g/mol. The van der Waals surface area contributed by atoms with Gasteiger partial charge in [0.25, 0.3) is 0 Å². The molecule has 0 atom stereocenters. The Morgan fingerprint density at radius 1 is 1.44 bits per heavy atom. The maximum atomic E-state index is 11.3. The van der Waals surface area contributed by atoms with Gasteiger partial charge >= 0.3 is 0 Å². The number of aryl methyl sites for hydroxylation is 1. The molecule has 0 unspecified atom stereocenters. The van der Waals surface area contributed by atoms with Crippen LogP contribution in [0.15, 0.2) is 10.8 Å². The van der Waals surface area contributed by atoms with E-state index in [1.54, 1.807) is 18.4 Å². The third-order valence-electron chi connectivity index (χ3n) is 2.10. The number of hydrogen-bond donors (Lipinski definition) is 1. The van der Waals surface area contributed by atoms with Gasteiger partial charge in [-0.3, -0.25) is 4.79 Å². The molecular formula is C11H17NO3S. The van der Waals surface area contributed by atoms with Gasteiger partial charge in [0.15, 0.2) is 0 Å². The second-order valence-corrected chi connectivity index (χ2v) is 4.15. The highest BCUT2D eigenvalue weighted by molar-refractivity contribution is 7.08. The molecule has 1 aromatic rings. The predicted molar refractivity (Wildman–Crippen MR) is 63.6 cm³/mol. The number of ether oxygens (including phenoxy) is 2. The van der Waals surface area contributed by atoms with Gasteiger partial charge in [-0.2, -0.15) is 11.3 Å². The fourth-order valence-corrected chi connectivity index (χ4v) is 1.98. The molecule has 90 valence electrons. The van der Waals surface area contributed by atoms with E-state index in [4.69, 9.17) is 9.47 Å². The van der Waals surface area contributed by atoms with Gasteiger partial charge in [-0.25, -0.2) is 0 Å². The van der Waals surface area contributed by atoms with Crippen LogP contribution in [0.2, 0.25) is 0 Å². The first kappa shape index (κ1) is 13.2. The predicted octanol–water partition coefficient (Wildman–Crippen LogP) is 1.34. The van der Waals surface area contributed by atoms with Crippen LogP contribution in [0.25, 0.3) is 0 Å². The zero-order valence-electron chi connectivity index (χ0n) is 9.62. The second kappa shape index (κ2) is 7.38. The van der Waals surface area contributed by atoms with E-state index in [0.29, 0.717) is 19.8 Å². The Labute approximate surface area is 99.6 Å². The van der Waals surface area contributed by atoms with Gasteiger partial charge in [0, 0.05) is 13.7 Å². The number of carbonyl (C=O) groups is 1. The van der Waals surface area contributed by atoms with E-state index in [1.807, 2.05) is 12.3 Å². The molecule has 0 aliphatic carbocycles. The van der Waals surface area contributed by atoms with Crippen LogP contribution in [-0.4, -0.2) is 32.8 Å². The number of hydrogen-bond acceptors (Lipinski definition) is 4. The molecule has 0 aliphatic heterocycles. The summed E-state index contributed by atoms with van der Waals surface area (Å²) in [7, 11) is 1.60. The molecule has 1 amide bonds. The Kier molecular flexibility index (Phi) is 6.07. The van der Waals surface area contributed by atoms with Crippen molar-refractivity contribution in [2.24, 2.45) is 0 Å². The van der Waals surface area contributed by atoms with Crippen LogP contribution in [0.1, 0.15) is 11.1 Å². The van der Waals surface area contributed by atoms with Crippen molar-refractivity contribution in [3.8, 4) is 0 Å². The summed E-state index contributed by atoms with van der Waals surface area (Å²) in [6.45, 7) is 3.65. The third kappa shape index (κ3) is 4.74. The summed E-state index contributed by atoms with van der Waals surface area (Å²) in [5, 5.41) is 6.91. The van der Waals surface area contributed by atoms with Crippen LogP contribution < -0.4 is 5.32 Å². The van der Waals surface area contributed by atoms with Crippen molar-refractivity contribution in [3.05, 3.63) is 21.9 Å². The second-order valence-electron chi connectivity index (χ2n) is 3.40. The van der Waals surface area contributed by atoms with Gasteiger partial charge in [-0.15, -0.1) is 0 Å². The minimum atomic E-state index is -0.0956. The highest BCUT2D eigenvalue weighted by atomic mass is 32.1. The monoisotopic (exact) mass is 243 g/mol. The minimum Gasteiger partial charge on any atom is -0.382 e. The Morgan fingerprint density at radius 2 is 2.25 bits per heavy atom. The van der Waals surface area contributed by atoms with E-state index in [1.165, 1.54) is 5.56 Å². The quantitative estimate of drug-likeness (QED) is 0.735. The SMILES string of the molecule is COCCOCC(=O)NCc1cscc1C. The molecule has 0 aliphatic rings. The molecule has 0 bridgehead atoms. The first-order chi connectivity index (χ1) is 7.74. The van der Waals surface area contributed by atoms with E-state index >= 15 is 0 Å². The highest BCUT2D eigenvalue weighted by Gasteiger charge is 2.03. The maximum absolute atomic E-state index is 11.3. The van der Waals surface area contributed by atoms with E-state index in [9.17, 15) is 4.79 Å². The molecule has 0 saturated carbocycles. The fraction of sp³-hybridized carbons (Fsp3) is 0.545. The van der Waals surface area contributed by atoms with E-state index in [0.717, 1.165) is 5.56 Å². The Hall–Kier alpha value is -0.910. The molecule has 0 fully saturated rings. The number of rotatable bonds is 7. The van der Waals surface area contributed by atoms with E-state index in [-0.39, 0.29) is 12.5 Å². The summed E-state index contributed by atoms with van der Waals surface area (Å²) in [5.74, 6) is -0.0956. The van der Waals surface area contributed by atoms with Crippen LogP contribution in [0.4, 0.5) is 0 Å².